The summed E-state index contributed by atoms with van der Waals surface area (Å²) in [6.07, 6.45) is -1.24. The Kier molecular flexibility index (Phi) is 4.11. The minimum Gasteiger partial charge on any atom is -0.461 e. The van der Waals surface area contributed by atoms with Gasteiger partial charge in [0, 0.05) is 0 Å². The highest BCUT2D eigenvalue weighted by Gasteiger charge is 2.52. The lowest BCUT2D eigenvalue weighted by molar-refractivity contribution is -0.216. The molecule has 0 aromatic heterocycles. The van der Waals surface area contributed by atoms with Crippen molar-refractivity contribution in [1.29, 1.82) is 5.26 Å². The number of nitriles is 1. The Hall–Kier alpha value is -2.68. The number of ether oxygens (including phenoxy) is 2. The van der Waals surface area contributed by atoms with Crippen LogP contribution in [0, 0.1) is 11.3 Å². The fraction of sp³-hybridized carbons (Fsp3) is 0.222. The summed E-state index contributed by atoms with van der Waals surface area (Å²) in [5.41, 5.74) is -0.122. The summed E-state index contributed by atoms with van der Waals surface area (Å²) < 4.78 is 10.9. The highest BCUT2D eigenvalue weighted by atomic mass is 16.6. The van der Waals surface area contributed by atoms with Crippen molar-refractivity contribution in [2.24, 2.45) is 0 Å². The predicted octanol–water partition coefficient (Wildman–Crippen LogP) is 2.06. The number of cyclic esters (lactones) is 1. The second-order valence-electron chi connectivity index (χ2n) is 5.22. The minimum absolute atomic E-state index is 0.160. The molecule has 0 saturated carbocycles. The van der Waals surface area contributed by atoms with E-state index in [4.69, 9.17) is 14.7 Å². The van der Waals surface area contributed by atoms with E-state index >= 15 is 0 Å². The molecule has 1 heterocycles. The zero-order chi connectivity index (χ0) is 16.3. The Labute approximate surface area is 133 Å². The molecule has 0 aliphatic carbocycles. The highest BCUT2D eigenvalue weighted by Crippen LogP contribution is 2.41. The molecule has 2 aromatic rings. The van der Waals surface area contributed by atoms with Gasteiger partial charge in [0.15, 0.2) is 0 Å². The molecular weight excluding hydrogens is 294 g/mol. The molecule has 116 valence electrons. The summed E-state index contributed by atoms with van der Waals surface area (Å²) in [4.78, 5) is 12.5. The second kappa shape index (κ2) is 6.21. The Morgan fingerprint density at radius 3 is 2.39 bits per heavy atom. The van der Waals surface area contributed by atoms with Crippen molar-refractivity contribution < 1.29 is 19.4 Å². The number of nitrogens with zero attached hydrogens (tertiary/aromatic N) is 1. The molecule has 1 N–H and O–H groups in total. The van der Waals surface area contributed by atoms with E-state index in [-0.39, 0.29) is 13.2 Å². The first-order chi connectivity index (χ1) is 11.2. The summed E-state index contributed by atoms with van der Waals surface area (Å²) in [6, 6.07) is 17.2. The zero-order valence-corrected chi connectivity index (χ0v) is 12.3. The molecule has 5 heteroatoms. The highest BCUT2D eigenvalue weighted by molar-refractivity contribution is 5.83. The number of hydrogen-bond acceptors (Lipinski definition) is 5. The van der Waals surface area contributed by atoms with E-state index in [9.17, 15) is 9.90 Å². The van der Waals surface area contributed by atoms with Crippen LogP contribution < -0.4 is 0 Å². The maximum atomic E-state index is 12.5. The van der Waals surface area contributed by atoms with Crippen LogP contribution in [0.5, 0.6) is 0 Å². The molecule has 0 radical (unpaired) electrons. The molecule has 0 bridgehead atoms. The van der Waals surface area contributed by atoms with Crippen molar-refractivity contribution in [3.63, 3.8) is 0 Å². The average molecular weight is 309 g/mol. The Bertz CT molecular complexity index is 736. The number of aliphatic hydroxyl groups excluding tert-OH is 1. The summed E-state index contributed by atoms with van der Waals surface area (Å²) in [5, 5.41) is 19.7. The molecule has 23 heavy (non-hydrogen) atoms. The van der Waals surface area contributed by atoms with Gasteiger partial charge in [-0.3, -0.25) is 0 Å². The molecule has 2 atom stereocenters. The Morgan fingerprint density at radius 2 is 1.78 bits per heavy atom. The standard InChI is InChI=1S/C18H15NO4/c19-12-13-6-8-14(9-7-13)16(20)18(15-4-2-1-3-5-15)17(21)22-10-11-23-18/h1-9,16,20H,10-11H2/t16-,18+/m0/s1. The maximum Gasteiger partial charge on any atom is 0.346 e. The first kappa shape index (κ1) is 15.2. The Balaban J connectivity index is 2.08. The number of carbonyl (C=O) groups is 1. The van der Waals surface area contributed by atoms with Gasteiger partial charge in [-0.2, -0.15) is 5.26 Å². The smallest absolute Gasteiger partial charge is 0.346 e. The van der Waals surface area contributed by atoms with Gasteiger partial charge in [-0.15, -0.1) is 0 Å². The van der Waals surface area contributed by atoms with Crippen LogP contribution in [0.15, 0.2) is 54.6 Å². The van der Waals surface area contributed by atoms with Crippen LogP contribution in [0.3, 0.4) is 0 Å². The van der Waals surface area contributed by atoms with Crippen LogP contribution in [0.25, 0.3) is 0 Å². The van der Waals surface area contributed by atoms with Crippen LogP contribution in [-0.4, -0.2) is 24.3 Å². The van der Waals surface area contributed by atoms with Gasteiger partial charge in [0.05, 0.1) is 18.2 Å². The van der Waals surface area contributed by atoms with Gasteiger partial charge in [0.25, 0.3) is 0 Å². The molecule has 5 nitrogen and oxygen atoms in total. The maximum absolute atomic E-state index is 12.5. The summed E-state index contributed by atoms with van der Waals surface area (Å²) >= 11 is 0. The van der Waals surface area contributed by atoms with E-state index < -0.39 is 17.7 Å². The molecule has 0 unspecified atom stereocenters. The number of esters is 1. The van der Waals surface area contributed by atoms with E-state index in [0.717, 1.165) is 0 Å². The quantitative estimate of drug-likeness (QED) is 0.878. The van der Waals surface area contributed by atoms with E-state index in [0.29, 0.717) is 16.7 Å². The molecule has 0 spiro atoms. The van der Waals surface area contributed by atoms with E-state index in [1.54, 1.807) is 48.5 Å². The molecule has 1 saturated heterocycles. The molecular formula is C18H15NO4. The topological polar surface area (TPSA) is 79.6 Å². The number of benzene rings is 2. The van der Waals surface area contributed by atoms with Gasteiger partial charge in [-0.05, 0) is 23.3 Å². The summed E-state index contributed by atoms with van der Waals surface area (Å²) in [6.45, 7) is 0.363. The number of rotatable bonds is 3. The first-order valence-corrected chi connectivity index (χ1v) is 7.23. The van der Waals surface area contributed by atoms with Gasteiger partial charge in [-0.1, -0.05) is 42.5 Å². The molecule has 2 aromatic carbocycles. The average Bonchev–Trinajstić information content (AvgIpc) is 2.62. The van der Waals surface area contributed by atoms with Crippen molar-refractivity contribution in [1.82, 2.24) is 0 Å². The van der Waals surface area contributed by atoms with Crippen LogP contribution in [-0.2, 0) is 19.9 Å². The monoisotopic (exact) mass is 309 g/mol. The zero-order valence-electron chi connectivity index (χ0n) is 12.3. The van der Waals surface area contributed by atoms with Crippen molar-refractivity contribution in [2.75, 3.05) is 13.2 Å². The lowest BCUT2D eigenvalue weighted by atomic mass is 9.83. The summed E-state index contributed by atoms with van der Waals surface area (Å²) in [5.74, 6) is -0.619. The van der Waals surface area contributed by atoms with Crippen molar-refractivity contribution in [2.45, 2.75) is 11.7 Å². The van der Waals surface area contributed by atoms with E-state index in [1.165, 1.54) is 0 Å². The van der Waals surface area contributed by atoms with Crippen molar-refractivity contribution in [3.8, 4) is 6.07 Å². The fourth-order valence-corrected chi connectivity index (χ4v) is 2.71. The van der Waals surface area contributed by atoms with Crippen LogP contribution in [0.2, 0.25) is 0 Å². The van der Waals surface area contributed by atoms with Gasteiger partial charge in [0.1, 0.15) is 12.7 Å². The second-order valence-corrected chi connectivity index (χ2v) is 5.22. The normalized spacial score (nSPS) is 22.0. The molecule has 1 fully saturated rings. The fourth-order valence-electron chi connectivity index (χ4n) is 2.71. The van der Waals surface area contributed by atoms with Gasteiger partial charge in [-0.25, -0.2) is 4.79 Å². The third-order valence-electron chi connectivity index (χ3n) is 3.89. The molecule has 3 rings (SSSR count). The third kappa shape index (κ3) is 2.59. The third-order valence-corrected chi connectivity index (χ3v) is 3.89. The predicted molar refractivity (Wildman–Crippen MR) is 81.1 cm³/mol. The van der Waals surface area contributed by atoms with Gasteiger partial charge >= 0.3 is 5.97 Å². The van der Waals surface area contributed by atoms with Crippen LogP contribution >= 0.6 is 0 Å². The van der Waals surface area contributed by atoms with Crippen LogP contribution in [0.1, 0.15) is 22.8 Å². The minimum atomic E-state index is -1.60. The number of carbonyl (C=O) groups excluding carboxylic acids is 1. The Morgan fingerprint density at radius 1 is 1.09 bits per heavy atom. The molecule has 1 aliphatic heterocycles. The summed E-state index contributed by atoms with van der Waals surface area (Å²) in [7, 11) is 0. The van der Waals surface area contributed by atoms with E-state index in [1.807, 2.05) is 12.1 Å². The number of hydrogen-bond donors (Lipinski definition) is 1. The largest absolute Gasteiger partial charge is 0.461 e. The van der Waals surface area contributed by atoms with Crippen LogP contribution in [0.4, 0.5) is 0 Å². The molecule has 0 amide bonds. The van der Waals surface area contributed by atoms with Gasteiger partial charge < -0.3 is 14.6 Å². The van der Waals surface area contributed by atoms with Crippen molar-refractivity contribution >= 4 is 5.97 Å². The lowest BCUT2D eigenvalue weighted by Gasteiger charge is -2.39. The van der Waals surface area contributed by atoms with Crippen molar-refractivity contribution in [3.05, 3.63) is 71.3 Å². The van der Waals surface area contributed by atoms with E-state index in [2.05, 4.69) is 0 Å². The SMILES string of the molecule is N#Cc1ccc([C@H](O)[C@@]2(c3ccccc3)OCCOC2=O)cc1. The molecule has 1 aliphatic rings. The first-order valence-electron chi connectivity index (χ1n) is 7.23. The lowest BCUT2D eigenvalue weighted by Crippen LogP contribution is -2.49. The van der Waals surface area contributed by atoms with Gasteiger partial charge in [0.2, 0.25) is 5.60 Å². The number of aliphatic hydroxyl groups is 1.